The Labute approximate surface area is 171 Å². The molecule has 3 heterocycles. The summed E-state index contributed by atoms with van der Waals surface area (Å²) in [6.45, 7) is 1.80. The first-order valence-electron chi connectivity index (χ1n) is 9.93. The number of nitrogens with zero attached hydrogens (tertiary/aromatic N) is 3. The molecule has 5 rings (SSSR count). The molecular formula is C22H25N3O3S. The molecule has 7 heteroatoms. The van der Waals surface area contributed by atoms with Crippen LogP contribution in [0, 0.1) is 0 Å². The molecule has 2 unspecified atom stereocenters. The van der Waals surface area contributed by atoms with Crippen LogP contribution in [0.25, 0.3) is 10.9 Å². The van der Waals surface area contributed by atoms with Gasteiger partial charge in [-0.3, -0.25) is 9.21 Å². The summed E-state index contributed by atoms with van der Waals surface area (Å²) < 4.78 is 29.3. The monoisotopic (exact) mass is 411 g/mol. The Kier molecular flexibility index (Phi) is 4.24. The Morgan fingerprint density at radius 3 is 2.62 bits per heavy atom. The van der Waals surface area contributed by atoms with Crippen LogP contribution in [0.2, 0.25) is 0 Å². The molecule has 1 spiro atoms. The summed E-state index contributed by atoms with van der Waals surface area (Å²) in [5.41, 5.74) is 2.97. The van der Waals surface area contributed by atoms with E-state index in [0.29, 0.717) is 31.7 Å². The number of hydrogen-bond donors (Lipinski definition) is 1. The number of aromatic nitrogens is 1. The highest BCUT2D eigenvalue weighted by Crippen LogP contribution is 2.43. The summed E-state index contributed by atoms with van der Waals surface area (Å²) in [6, 6.07) is 17.3. The summed E-state index contributed by atoms with van der Waals surface area (Å²) in [6.07, 6.45) is 1.67. The van der Waals surface area contributed by atoms with E-state index < -0.39 is 20.9 Å². The minimum atomic E-state index is -3.66. The fraction of sp³-hybridized carbons (Fsp3) is 0.364. The summed E-state index contributed by atoms with van der Waals surface area (Å²) in [7, 11) is -1.63. The van der Waals surface area contributed by atoms with Gasteiger partial charge in [-0.25, -0.2) is 8.42 Å². The van der Waals surface area contributed by atoms with Crippen LogP contribution in [0.3, 0.4) is 0 Å². The van der Waals surface area contributed by atoms with E-state index in [-0.39, 0.29) is 6.54 Å². The Balaban J connectivity index is 1.43. The summed E-state index contributed by atoms with van der Waals surface area (Å²) in [4.78, 5) is 2.16. The van der Waals surface area contributed by atoms with Crippen molar-refractivity contribution in [3.63, 3.8) is 0 Å². The highest BCUT2D eigenvalue weighted by Gasteiger charge is 2.61. The number of aliphatic hydroxyl groups is 1. The third-order valence-corrected chi connectivity index (χ3v) is 9.08. The van der Waals surface area contributed by atoms with Gasteiger partial charge < -0.3 is 9.67 Å². The zero-order chi connectivity index (χ0) is 20.2. The van der Waals surface area contributed by atoms with Gasteiger partial charge in [0.15, 0.2) is 0 Å². The molecule has 29 heavy (non-hydrogen) atoms. The van der Waals surface area contributed by atoms with Gasteiger partial charge >= 0.3 is 0 Å². The van der Waals surface area contributed by atoms with Crippen LogP contribution in [-0.2, 0) is 23.6 Å². The average Bonchev–Trinajstić information content (AvgIpc) is 3.35. The van der Waals surface area contributed by atoms with Gasteiger partial charge in [-0.15, -0.1) is 0 Å². The van der Waals surface area contributed by atoms with E-state index >= 15 is 0 Å². The maximum absolute atomic E-state index is 13.5. The molecule has 2 aromatic carbocycles. The van der Waals surface area contributed by atoms with Crippen molar-refractivity contribution in [3.8, 4) is 0 Å². The van der Waals surface area contributed by atoms with E-state index in [1.807, 2.05) is 37.4 Å². The molecule has 2 fully saturated rings. The first-order chi connectivity index (χ1) is 13.9. The van der Waals surface area contributed by atoms with Crippen molar-refractivity contribution in [3.05, 3.63) is 66.4 Å². The van der Waals surface area contributed by atoms with Crippen LogP contribution in [0.15, 0.2) is 60.8 Å². The van der Waals surface area contributed by atoms with Crippen LogP contribution in [0.5, 0.6) is 0 Å². The Morgan fingerprint density at radius 2 is 1.83 bits per heavy atom. The Hall–Kier alpha value is -2.35. The van der Waals surface area contributed by atoms with E-state index in [9.17, 15) is 13.5 Å². The predicted octanol–water partition coefficient (Wildman–Crippen LogP) is 2.33. The van der Waals surface area contributed by atoms with Crippen LogP contribution in [0.4, 0.5) is 5.69 Å². The summed E-state index contributed by atoms with van der Waals surface area (Å²) >= 11 is 0. The van der Waals surface area contributed by atoms with Gasteiger partial charge in [-0.05, 0) is 30.2 Å². The van der Waals surface area contributed by atoms with Gasteiger partial charge in [0.05, 0.1) is 18.3 Å². The van der Waals surface area contributed by atoms with Crippen molar-refractivity contribution >= 4 is 26.6 Å². The zero-order valence-corrected chi connectivity index (χ0v) is 17.2. The fourth-order valence-electron chi connectivity index (χ4n) is 4.95. The van der Waals surface area contributed by atoms with E-state index in [1.165, 1.54) is 20.8 Å². The number of benzene rings is 2. The highest BCUT2D eigenvalue weighted by molar-refractivity contribution is 7.94. The van der Waals surface area contributed by atoms with Gasteiger partial charge in [0.25, 0.3) is 0 Å². The molecule has 0 bridgehead atoms. The lowest BCUT2D eigenvalue weighted by Crippen LogP contribution is -2.47. The Bertz CT molecular complexity index is 1160. The lowest BCUT2D eigenvalue weighted by atomic mass is 10.0. The van der Waals surface area contributed by atoms with Gasteiger partial charge in [-0.1, -0.05) is 36.4 Å². The second-order valence-corrected chi connectivity index (χ2v) is 10.4. The molecule has 2 aliphatic heterocycles. The maximum Gasteiger partial charge on any atom is 0.244 e. The number of aryl methyl sites for hydroxylation is 1. The van der Waals surface area contributed by atoms with Gasteiger partial charge in [0.2, 0.25) is 10.0 Å². The number of hydrogen-bond acceptors (Lipinski definition) is 4. The first kappa shape index (κ1) is 18.7. The van der Waals surface area contributed by atoms with E-state index in [1.54, 1.807) is 12.1 Å². The minimum absolute atomic E-state index is 0.119. The number of sulfonamides is 1. The molecule has 2 atom stereocenters. The van der Waals surface area contributed by atoms with Crippen molar-refractivity contribution in [2.24, 2.45) is 7.05 Å². The third-order valence-electron chi connectivity index (χ3n) is 6.51. The molecule has 1 N–H and O–H groups in total. The molecule has 6 nitrogen and oxygen atoms in total. The number of anilines is 1. The van der Waals surface area contributed by atoms with E-state index in [4.69, 9.17) is 0 Å². The van der Waals surface area contributed by atoms with Crippen molar-refractivity contribution in [1.29, 1.82) is 0 Å². The largest absolute Gasteiger partial charge is 0.389 e. The molecule has 0 radical (unpaired) electrons. The van der Waals surface area contributed by atoms with Crippen LogP contribution >= 0.6 is 0 Å². The maximum atomic E-state index is 13.5. The standard InChI is InChI=1S/C22H25N3O3S/c1-23-13-17(19-9-5-6-10-20(19)23)14-24-12-11-22(16-24)21(26)15-25(29(22,27)28)18-7-3-2-4-8-18/h2-10,13,21,26H,11-12,14-16H2,1H3. The second-order valence-electron chi connectivity index (χ2n) is 8.20. The van der Waals surface area contributed by atoms with Crippen molar-refractivity contribution in [2.45, 2.75) is 23.8 Å². The molecule has 1 aromatic heterocycles. The van der Waals surface area contributed by atoms with E-state index in [2.05, 4.69) is 27.8 Å². The van der Waals surface area contributed by atoms with E-state index in [0.717, 1.165) is 0 Å². The highest BCUT2D eigenvalue weighted by atomic mass is 32.2. The number of likely N-dealkylation sites (tertiary alicyclic amines) is 1. The molecule has 2 saturated heterocycles. The quantitative estimate of drug-likeness (QED) is 0.719. The van der Waals surface area contributed by atoms with Crippen LogP contribution in [-0.4, -0.2) is 53.5 Å². The SMILES string of the molecule is Cn1cc(CN2CCC3(C2)C(O)CN(c2ccccc2)S3(=O)=O)c2ccccc21. The number of fused-ring (bicyclic) bond motifs is 1. The molecule has 3 aromatic rings. The van der Waals surface area contributed by atoms with Crippen molar-refractivity contribution in [1.82, 2.24) is 9.47 Å². The Morgan fingerprint density at radius 1 is 1.10 bits per heavy atom. The van der Waals surface area contributed by atoms with Crippen LogP contribution < -0.4 is 4.31 Å². The molecule has 0 aliphatic carbocycles. The fourth-order valence-corrected chi connectivity index (χ4v) is 7.23. The smallest absolute Gasteiger partial charge is 0.244 e. The second kappa shape index (κ2) is 6.58. The summed E-state index contributed by atoms with van der Waals surface area (Å²) in [5, 5.41) is 12.0. The number of rotatable bonds is 3. The topological polar surface area (TPSA) is 65.8 Å². The first-order valence-corrected chi connectivity index (χ1v) is 11.4. The normalized spacial score (nSPS) is 26.7. The third kappa shape index (κ3) is 2.72. The van der Waals surface area contributed by atoms with Crippen molar-refractivity contribution in [2.75, 3.05) is 23.9 Å². The van der Waals surface area contributed by atoms with Gasteiger partial charge in [-0.2, -0.15) is 0 Å². The predicted molar refractivity (Wildman–Crippen MR) is 114 cm³/mol. The number of β-amino-alcohol motifs (C(OH)–C–C–N with tert-alkyl or cyclic N) is 1. The molecular weight excluding hydrogens is 386 g/mol. The van der Waals surface area contributed by atoms with Gasteiger partial charge in [0, 0.05) is 43.8 Å². The number of para-hydroxylation sites is 2. The zero-order valence-electron chi connectivity index (χ0n) is 16.4. The molecule has 2 aliphatic rings. The van der Waals surface area contributed by atoms with Gasteiger partial charge in [0.1, 0.15) is 4.75 Å². The molecule has 0 amide bonds. The number of aliphatic hydroxyl groups excluding tert-OH is 1. The average molecular weight is 412 g/mol. The molecule has 152 valence electrons. The minimum Gasteiger partial charge on any atom is -0.389 e. The lowest BCUT2D eigenvalue weighted by molar-refractivity contribution is 0.143. The van der Waals surface area contributed by atoms with Crippen molar-refractivity contribution < 1.29 is 13.5 Å². The lowest BCUT2D eigenvalue weighted by Gasteiger charge is -2.27. The summed E-state index contributed by atoms with van der Waals surface area (Å²) in [5.74, 6) is 0. The molecule has 0 saturated carbocycles. The van der Waals surface area contributed by atoms with Crippen LogP contribution in [0.1, 0.15) is 12.0 Å².